The van der Waals surface area contributed by atoms with Crippen molar-refractivity contribution in [1.82, 2.24) is 19.7 Å². The average Bonchev–Trinajstić information content (AvgIpc) is 3.02. The summed E-state index contributed by atoms with van der Waals surface area (Å²) in [6.45, 7) is 0.890. The lowest BCUT2D eigenvalue weighted by molar-refractivity contribution is -0.127. The van der Waals surface area contributed by atoms with Crippen LogP contribution in [0.5, 0.6) is 0 Å². The Morgan fingerprint density at radius 1 is 1.52 bits per heavy atom. The van der Waals surface area contributed by atoms with Gasteiger partial charge in [0.25, 0.3) is 0 Å². The van der Waals surface area contributed by atoms with Crippen LogP contribution < -0.4 is 5.73 Å². The van der Waals surface area contributed by atoms with Gasteiger partial charge in [-0.1, -0.05) is 23.4 Å². The molecule has 0 aliphatic heterocycles. The topological polar surface area (TPSA) is 77.0 Å². The zero-order valence-corrected chi connectivity index (χ0v) is 14.1. The van der Waals surface area contributed by atoms with E-state index in [0.717, 1.165) is 9.21 Å². The van der Waals surface area contributed by atoms with Gasteiger partial charge in [-0.05, 0) is 12.1 Å². The number of carbonyl (C=O) groups is 1. The van der Waals surface area contributed by atoms with Crippen LogP contribution in [-0.4, -0.2) is 38.4 Å². The van der Waals surface area contributed by atoms with Crippen molar-refractivity contribution in [3.05, 3.63) is 27.2 Å². The Morgan fingerprint density at radius 3 is 2.86 bits per heavy atom. The van der Waals surface area contributed by atoms with Gasteiger partial charge in [0, 0.05) is 19.0 Å². The van der Waals surface area contributed by atoms with Crippen molar-refractivity contribution < 1.29 is 4.79 Å². The molecule has 0 atom stereocenters. The van der Waals surface area contributed by atoms with E-state index in [1.165, 1.54) is 23.1 Å². The molecule has 0 saturated heterocycles. The first-order chi connectivity index (χ1) is 10.0. The van der Waals surface area contributed by atoms with Crippen molar-refractivity contribution in [3.8, 4) is 0 Å². The molecule has 2 aromatic heterocycles. The van der Waals surface area contributed by atoms with Crippen molar-refractivity contribution >= 4 is 40.6 Å². The summed E-state index contributed by atoms with van der Waals surface area (Å²) in [6, 6.07) is 3.77. The fourth-order valence-corrected chi connectivity index (χ4v) is 3.66. The molecule has 0 aliphatic carbocycles. The number of nitrogens with zero attached hydrogens (tertiary/aromatic N) is 4. The average molecular weight is 346 g/mol. The van der Waals surface area contributed by atoms with E-state index in [-0.39, 0.29) is 5.91 Å². The number of hydrogen-bond donors (Lipinski definition) is 1. The van der Waals surface area contributed by atoms with Crippen LogP contribution in [0.3, 0.4) is 0 Å². The number of nitrogens with two attached hydrogens (primary N) is 1. The Morgan fingerprint density at radius 2 is 2.29 bits per heavy atom. The Labute approximate surface area is 136 Å². The molecule has 2 heterocycles. The second kappa shape index (κ2) is 7.26. The molecule has 0 unspecified atom stereocenters. The minimum absolute atomic E-state index is 0.0295. The predicted octanol–water partition coefficient (Wildman–Crippen LogP) is 1.74. The maximum Gasteiger partial charge on any atom is 0.233 e. The third-order valence-electron chi connectivity index (χ3n) is 2.88. The van der Waals surface area contributed by atoms with Gasteiger partial charge < -0.3 is 15.2 Å². The lowest BCUT2D eigenvalue weighted by atomic mass is 10.4. The maximum absolute atomic E-state index is 12.1. The standard InChI is InChI=1S/C12H16ClN5OS2/c1-17(6-8-3-4-9(13)21-8)11(19)7-20-12-16-15-10(5-14)18(12)2/h3-4H,5-7,14H2,1-2H3. The smallest absolute Gasteiger partial charge is 0.233 e. The van der Waals surface area contributed by atoms with Crippen LogP contribution >= 0.6 is 34.7 Å². The predicted molar refractivity (Wildman–Crippen MR) is 85.4 cm³/mol. The third kappa shape index (κ3) is 4.19. The van der Waals surface area contributed by atoms with E-state index < -0.39 is 0 Å². The first-order valence-electron chi connectivity index (χ1n) is 6.20. The highest BCUT2D eigenvalue weighted by Crippen LogP contribution is 2.23. The van der Waals surface area contributed by atoms with Crippen LogP contribution in [0.25, 0.3) is 0 Å². The monoisotopic (exact) mass is 345 g/mol. The summed E-state index contributed by atoms with van der Waals surface area (Å²) in [5.41, 5.74) is 5.54. The van der Waals surface area contributed by atoms with E-state index in [0.29, 0.717) is 29.8 Å². The van der Waals surface area contributed by atoms with E-state index in [2.05, 4.69) is 10.2 Å². The van der Waals surface area contributed by atoms with Crippen molar-refractivity contribution in [2.75, 3.05) is 12.8 Å². The van der Waals surface area contributed by atoms with Crippen molar-refractivity contribution in [2.24, 2.45) is 12.8 Å². The van der Waals surface area contributed by atoms with Gasteiger partial charge in [0.15, 0.2) is 5.16 Å². The molecular weight excluding hydrogens is 330 g/mol. The van der Waals surface area contributed by atoms with Gasteiger partial charge >= 0.3 is 0 Å². The Kier molecular flexibility index (Phi) is 5.63. The van der Waals surface area contributed by atoms with Crippen LogP contribution in [0.1, 0.15) is 10.7 Å². The SMILES string of the molecule is CN(Cc1ccc(Cl)s1)C(=O)CSc1nnc(CN)n1C. The molecule has 9 heteroatoms. The summed E-state index contributed by atoms with van der Waals surface area (Å²) in [4.78, 5) is 14.8. The number of rotatable bonds is 6. The highest BCUT2D eigenvalue weighted by Gasteiger charge is 2.14. The summed E-state index contributed by atoms with van der Waals surface area (Å²) < 4.78 is 2.53. The van der Waals surface area contributed by atoms with Crippen LogP contribution in [0, 0.1) is 0 Å². The largest absolute Gasteiger partial charge is 0.340 e. The summed E-state index contributed by atoms with van der Waals surface area (Å²) in [7, 11) is 3.62. The number of thioether (sulfide) groups is 1. The van der Waals surface area contributed by atoms with Gasteiger partial charge in [-0.15, -0.1) is 21.5 Å². The third-order valence-corrected chi connectivity index (χ3v) is 5.10. The summed E-state index contributed by atoms with van der Waals surface area (Å²) in [5, 5.41) is 8.66. The fraction of sp³-hybridized carbons (Fsp3) is 0.417. The number of amides is 1. The number of thiophene rings is 1. The van der Waals surface area contributed by atoms with Crippen molar-refractivity contribution in [2.45, 2.75) is 18.2 Å². The first kappa shape index (κ1) is 16.3. The highest BCUT2D eigenvalue weighted by molar-refractivity contribution is 7.99. The van der Waals surface area contributed by atoms with E-state index in [1.54, 1.807) is 16.5 Å². The minimum atomic E-state index is 0.0295. The van der Waals surface area contributed by atoms with Gasteiger partial charge in [0.1, 0.15) is 5.82 Å². The summed E-state index contributed by atoms with van der Waals surface area (Å²) >= 11 is 8.72. The first-order valence-corrected chi connectivity index (χ1v) is 8.38. The normalized spacial score (nSPS) is 10.9. The molecule has 6 nitrogen and oxygen atoms in total. The second-order valence-electron chi connectivity index (χ2n) is 4.41. The second-order valence-corrected chi connectivity index (χ2v) is 7.15. The van der Waals surface area contributed by atoms with Crippen LogP contribution in [-0.2, 0) is 24.9 Å². The minimum Gasteiger partial charge on any atom is -0.340 e. The molecule has 21 heavy (non-hydrogen) atoms. The summed E-state index contributed by atoms with van der Waals surface area (Å²) in [5.74, 6) is 1.04. The molecule has 2 rings (SSSR count). The number of halogens is 1. The molecule has 0 aromatic carbocycles. The number of hydrogen-bond acceptors (Lipinski definition) is 6. The molecule has 0 bridgehead atoms. The Balaban J connectivity index is 1.87. The van der Waals surface area contributed by atoms with Gasteiger partial charge in [0.2, 0.25) is 5.91 Å². The molecule has 0 aliphatic rings. The molecule has 114 valence electrons. The van der Waals surface area contributed by atoms with Gasteiger partial charge in [-0.25, -0.2) is 0 Å². The maximum atomic E-state index is 12.1. The van der Waals surface area contributed by atoms with E-state index in [1.807, 2.05) is 19.2 Å². The lowest BCUT2D eigenvalue weighted by Gasteiger charge is -2.15. The molecule has 2 N–H and O–H groups in total. The van der Waals surface area contributed by atoms with Crippen LogP contribution in [0.2, 0.25) is 4.34 Å². The molecule has 0 radical (unpaired) electrons. The van der Waals surface area contributed by atoms with E-state index in [4.69, 9.17) is 17.3 Å². The van der Waals surface area contributed by atoms with Gasteiger partial charge in [-0.2, -0.15) is 0 Å². The van der Waals surface area contributed by atoms with Crippen LogP contribution in [0.4, 0.5) is 0 Å². The molecule has 1 amide bonds. The zero-order chi connectivity index (χ0) is 15.4. The Hall–Kier alpha value is -1.09. The van der Waals surface area contributed by atoms with Gasteiger partial charge in [-0.3, -0.25) is 4.79 Å². The zero-order valence-electron chi connectivity index (χ0n) is 11.7. The number of carbonyl (C=O) groups excluding carboxylic acids is 1. The van der Waals surface area contributed by atoms with E-state index in [9.17, 15) is 4.79 Å². The van der Waals surface area contributed by atoms with E-state index >= 15 is 0 Å². The Bertz CT molecular complexity index is 627. The molecule has 0 fully saturated rings. The molecule has 0 saturated carbocycles. The number of aromatic nitrogens is 3. The molecule has 0 spiro atoms. The van der Waals surface area contributed by atoms with Crippen LogP contribution in [0.15, 0.2) is 17.3 Å². The lowest BCUT2D eigenvalue weighted by Crippen LogP contribution is -2.27. The summed E-state index contributed by atoms with van der Waals surface area (Å²) in [6.07, 6.45) is 0. The quantitative estimate of drug-likeness (QED) is 0.807. The molecule has 2 aromatic rings. The molecular formula is C12H16ClN5OS2. The fourth-order valence-electron chi connectivity index (χ4n) is 1.64. The van der Waals surface area contributed by atoms with Crippen molar-refractivity contribution in [3.63, 3.8) is 0 Å². The van der Waals surface area contributed by atoms with Crippen molar-refractivity contribution in [1.29, 1.82) is 0 Å². The van der Waals surface area contributed by atoms with Gasteiger partial charge in [0.05, 0.1) is 23.2 Å². The highest BCUT2D eigenvalue weighted by atomic mass is 35.5.